The highest BCUT2D eigenvalue weighted by atomic mass is 35.5. The van der Waals surface area contributed by atoms with Crippen molar-refractivity contribution in [2.75, 3.05) is 5.32 Å². The van der Waals surface area contributed by atoms with Crippen molar-refractivity contribution in [1.82, 2.24) is 0 Å². The molecule has 0 bridgehead atoms. The minimum atomic E-state index is -0.648. The highest BCUT2D eigenvalue weighted by Gasteiger charge is 2.12. The van der Waals surface area contributed by atoms with Gasteiger partial charge >= 0.3 is 0 Å². The Morgan fingerprint density at radius 3 is 2.67 bits per heavy atom. The van der Waals surface area contributed by atoms with E-state index in [1.807, 2.05) is 0 Å². The van der Waals surface area contributed by atoms with Gasteiger partial charge in [0.15, 0.2) is 0 Å². The van der Waals surface area contributed by atoms with Gasteiger partial charge in [-0.2, -0.15) is 0 Å². The summed E-state index contributed by atoms with van der Waals surface area (Å²) in [7, 11) is 0. The molecule has 0 unspecified atom stereocenters. The Hall–Kier alpha value is -2.07. The van der Waals surface area contributed by atoms with Crippen molar-refractivity contribution in [2.45, 2.75) is 0 Å². The Kier molecular flexibility index (Phi) is 3.48. The fourth-order valence-electron chi connectivity index (χ4n) is 1.44. The van der Waals surface area contributed by atoms with E-state index in [0.717, 1.165) is 0 Å². The van der Waals surface area contributed by atoms with Crippen LogP contribution in [0.4, 0.5) is 10.1 Å². The van der Waals surface area contributed by atoms with Crippen LogP contribution in [0.3, 0.4) is 0 Å². The molecule has 0 fully saturated rings. The van der Waals surface area contributed by atoms with Gasteiger partial charge in [0.1, 0.15) is 11.6 Å². The van der Waals surface area contributed by atoms with E-state index < -0.39 is 11.7 Å². The normalized spacial score (nSPS) is 10.1. The van der Waals surface area contributed by atoms with Crippen molar-refractivity contribution in [1.29, 1.82) is 0 Å². The Labute approximate surface area is 108 Å². The van der Waals surface area contributed by atoms with Crippen molar-refractivity contribution in [2.24, 2.45) is 0 Å². The van der Waals surface area contributed by atoms with Crippen molar-refractivity contribution in [3.05, 3.63) is 58.9 Å². The molecule has 0 spiro atoms. The molecule has 2 aromatic rings. The minimum absolute atomic E-state index is 0.100. The van der Waals surface area contributed by atoms with E-state index in [9.17, 15) is 14.3 Å². The van der Waals surface area contributed by atoms with Gasteiger partial charge < -0.3 is 10.4 Å². The summed E-state index contributed by atoms with van der Waals surface area (Å²) in [6.07, 6.45) is 0. The summed E-state index contributed by atoms with van der Waals surface area (Å²) in [5.41, 5.74) is 0.0348. The van der Waals surface area contributed by atoms with Gasteiger partial charge in [0.05, 0.1) is 11.3 Å². The number of anilines is 1. The number of amides is 1. The summed E-state index contributed by atoms with van der Waals surface area (Å²) in [6.45, 7) is 0. The molecule has 2 rings (SSSR count). The topological polar surface area (TPSA) is 49.3 Å². The quantitative estimate of drug-likeness (QED) is 0.817. The number of phenols is 1. The first-order chi connectivity index (χ1) is 8.58. The Balaban J connectivity index is 2.27. The van der Waals surface area contributed by atoms with Crippen LogP contribution in [0.15, 0.2) is 42.5 Å². The number of nitrogens with one attached hydrogen (secondary N) is 1. The van der Waals surface area contributed by atoms with Gasteiger partial charge in [0.25, 0.3) is 5.91 Å². The van der Waals surface area contributed by atoms with Crippen LogP contribution in [0.25, 0.3) is 0 Å². The molecule has 0 radical (unpaired) electrons. The first kappa shape index (κ1) is 12.4. The molecule has 0 aromatic heterocycles. The third-order valence-electron chi connectivity index (χ3n) is 2.33. The molecule has 1 amide bonds. The molecular weight excluding hydrogens is 257 g/mol. The van der Waals surface area contributed by atoms with E-state index >= 15 is 0 Å². The van der Waals surface area contributed by atoms with Gasteiger partial charge in [-0.25, -0.2) is 4.39 Å². The number of benzene rings is 2. The average Bonchev–Trinajstić information content (AvgIpc) is 2.34. The number of rotatable bonds is 2. The second-order valence-electron chi connectivity index (χ2n) is 3.60. The van der Waals surface area contributed by atoms with Crippen LogP contribution < -0.4 is 5.32 Å². The summed E-state index contributed by atoms with van der Waals surface area (Å²) in [6, 6.07) is 9.79. The summed E-state index contributed by atoms with van der Waals surface area (Å²) in [5.74, 6) is -1.41. The van der Waals surface area contributed by atoms with E-state index in [-0.39, 0.29) is 17.0 Å². The Morgan fingerprint density at radius 1 is 1.22 bits per heavy atom. The molecule has 0 atom stereocenters. The van der Waals surface area contributed by atoms with Gasteiger partial charge in [0, 0.05) is 5.02 Å². The largest absolute Gasteiger partial charge is 0.506 e. The monoisotopic (exact) mass is 265 g/mol. The Bertz CT molecular complexity index is 601. The molecule has 0 aliphatic heterocycles. The zero-order valence-electron chi connectivity index (χ0n) is 9.15. The molecule has 3 nitrogen and oxygen atoms in total. The Morgan fingerprint density at radius 2 is 1.94 bits per heavy atom. The molecule has 0 heterocycles. The maximum atomic E-state index is 13.4. The minimum Gasteiger partial charge on any atom is -0.506 e. The van der Waals surface area contributed by atoms with Gasteiger partial charge in [-0.3, -0.25) is 4.79 Å². The van der Waals surface area contributed by atoms with Crippen LogP contribution >= 0.6 is 11.6 Å². The second-order valence-corrected chi connectivity index (χ2v) is 4.03. The number of carbonyl (C=O) groups is 1. The molecule has 0 saturated carbocycles. The van der Waals surface area contributed by atoms with Gasteiger partial charge in [-0.1, -0.05) is 23.7 Å². The molecule has 2 N–H and O–H groups in total. The number of hydrogen-bond donors (Lipinski definition) is 2. The van der Waals surface area contributed by atoms with E-state index in [1.54, 1.807) is 6.07 Å². The average molecular weight is 266 g/mol. The second kappa shape index (κ2) is 5.06. The lowest BCUT2D eigenvalue weighted by Gasteiger charge is -2.08. The van der Waals surface area contributed by atoms with Crippen molar-refractivity contribution in [3.63, 3.8) is 0 Å². The zero-order valence-corrected chi connectivity index (χ0v) is 9.91. The fraction of sp³-hybridized carbons (Fsp3) is 0. The first-order valence-corrected chi connectivity index (χ1v) is 5.50. The van der Waals surface area contributed by atoms with Crippen LogP contribution in [-0.2, 0) is 0 Å². The van der Waals surface area contributed by atoms with E-state index in [1.165, 1.54) is 36.4 Å². The molecule has 2 aromatic carbocycles. The van der Waals surface area contributed by atoms with E-state index in [4.69, 9.17) is 11.6 Å². The maximum absolute atomic E-state index is 13.4. The number of hydrogen-bond acceptors (Lipinski definition) is 2. The molecule has 5 heteroatoms. The fourth-order valence-corrected chi connectivity index (χ4v) is 1.62. The van der Waals surface area contributed by atoms with Crippen LogP contribution in [0.2, 0.25) is 5.02 Å². The van der Waals surface area contributed by atoms with Gasteiger partial charge in [0.2, 0.25) is 0 Å². The molecule has 92 valence electrons. The molecule has 0 saturated heterocycles. The van der Waals surface area contributed by atoms with Crippen molar-refractivity contribution < 1.29 is 14.3 Å². The predicted octanol–water partition coefficient (Wildman–Crippen LogP) is 3.44. The standard InChI is InChI=1S/C13H9ClFNO2/c14-8-5-6-12(17)11(7-8)16-13(18)9-3-1-2-4-10(9)15/h1-7,17H,(H,16,18). The van der Waals surface area contributed by atoms with E-state index in [2.05, 4.69) is 5.32 Å². The first-order valence-electron chi connectivity index (χ1n) is 5.12. The molecular formula is C13H9ClFNO2. The van der Waals surface area contributed by atoms with Crippen LogP contribution in [0.5, 0.6) is 5.75 Å². The number of aromatic hydroxyl groups is 1. The molecule has 0 aliphatic carbocycles. The predicted molar refractivity (Wildman–Crippen MR) is 67.5 cm³/mol. The summed E-state index contributed by atoms with van der Waals surface area (Å²) >= 11 is 5.74. The lowest BCUT2D eigenvalue weighted by Crippen LogP contribution is -2.13. The van der Waals surface area contributed by atoms with Gasteiger partial charge in [-0.05, 0) is 30.3 Å². The lowest BCUT2D eigenvalue weighted by atomic mass is 10.2. The van der Waals surface area contributed by atoms with E-state index in [0.29, 0.717) is 5.02 Å². The van der Waals surface area contributed by atoms with Crippen molar-refractivity contribution in [3.8, 4) is 5.75 Å². The SMILES string of the molecule is O=C(Nc1cc(Cl)ccc1O)c1ccccc1F. The molecule has 0 aliphatic rings. The third kappa shape index (κ3) is 2.60. The summed E-state index contributed by atoms with van der Waals surface area (Å²) in [4.78, 5) is 11.8. The maximum Gasteiger partial charge on any atom is 0.258 e. The summed E-state index contributed by atoms with van der Waals surface area (Å²) in [5, 5.41) is 12.3. The van der Waals surface area contributed by atoms with Crippen LogP contribution in [0.1, 0.15) is 10.4 Å². The third-order valence-corrected chi connectivity index (χ3v) is 2.56. The molecule has 18 heavy (non-hydrogen) atoms. The highest BCUT2D eigenvalue weighted by Crippen LogP contribution is 2.27. The highest BCUT2D eigenvalue weighted by molar-refractivity contribution is 6.31. The number of phenolic OH excluding ortho intramolecular Hbond substituents is 1. The smallest absolute Gasteiger partial charge is 0.258 e. The number of carbonyl (C=O) groups excluding carboxylic acids is 1. The summed E-state index contributed by atoms with van der Waals surface area (Å²) < 4.78 is 13.4. The van der Waals surface area contributed by atoms with Crippen molar-refractivity contribution >= 4 is 23.2 Å². The lowest BCUT2D eigenvalue weighted by molar-refractivity contribution is 0.102. The number of halogens is 2. The van der Waals surface area contributed by atoms with Crippen LogP contribution in [0, 0.1) is 5.82 Å². The van der Waals surface area contributed by atoms with Crippen LogP contribution in [-0.4, -0.2) is 11.0 Å². The van der Waals surface area contributed by atoms with Gasteiger partial charge in [-0.15, -0.1) is 0 Å². The zero-order chi connectivity index (χ0) is 13.1.